The van der Waals surface area contributed by atoms with Crippen LogP contribution in [0.25, 0.3) is 5.76 Å². The van der Waals surface area contributed by atoms with Crippen LogP contribution in [0.15, 0.2) is 60.7 Å². The van der Waals surface area contributed by atoms with Crippen molar-refractivity contribution in [1.29, 1.82) is 0 Å². The van der Waals surface area contributed by atoms with Crippen molar-refractivity contribution in [3.8, 4) is 17.2 Å². The molecule has 0 radical (unpaired) electrons. The van der Waals surface area contributed by atoms with Crippen molar-refractivity contribution >= 4 is 17.4 Å². The lowest BCUT2D eigenvalue weighted by atomic mass is 9.94. The average Bonchev–Trinajstić information content (AvgIpc) is 3.62. The van der Waals surface area contributed by atoms with Crippen LogP contribution in [-0.4, -0.2) is 57.6 Å². The first-order valence-electron chi connectivity index (χ1n) is 12.8. The molecule has 2 aliphatic rings. The summed E-state index contributed by atoms with van der Waals surface area (Å²) in [7, 11) is 1.54. The number of aliphatic hydroxyl groups is 1. The second-order valence-corrected chi connectivity index (χ2v) is 9.44. The minimum atomic E-state index is -0.786. The monoisotopic (exact) mass is 517 g/mol. The van der Waals surface area contributed by atoms with E-state index in [1.807, 2.05) is 30.7 Å². The molecule has 1 saturated heterocycles. The van der Waals surface area contributed by atoms with Crippen molar-refractivity contribution in [2.24, 2.45) is 0 Å². The van der Waals surface area contributed by atoms with E-state index in [9.17, 15) is 14.7 Å². The number of hydrogen-bond donors (Lipinski definition) is 1. The van der Waals surface area contributed by atoms with E-state index in [4.69, 9.17) is 14.2 Å². The minimum Gasteiger partial charge on any atom is -0.507 e. The molecule has 9 heteroatoms. The fraction of sp³-hybridized carbons (Fsp3) is 0.345. The van der Waals surface area contributed by atoms with E-state index in [1.165, 1.54) is 12.0 Å². The van der Waals surface area contributed by atoms with Crippen LogP contribution in [0.1, 0.15) is 43.0 Å². The number of Topliss-reactive ketones (excluding diaryl/α,β-unsaturated/α-hetero) is 1. The summed E-state index contributed by atoms with van der Waals surface area (Å²) in [6, 6.07) is 9.88. The lowest BCUT2D eigenvalue weighted by Gasteiger charge is -2.26. The van der Waals surface area contributed by atoms with Crippen LogP contribution >= 0.6 is 0 Å². The Bertz CT molecular complexity index is 1380. The minimum absolute atomic E-state index is 0.0415. The topological polar surface area (TPSA) is 103 Å². The number of aromatic nitrogens is 2. The number of nitrogens with zero attached hydrogens (tertiary/aromatic N) is 3. The van der Waals surface area contributed by atoms with Crippen molar-refractivity contribution in [2.45, 2.75) is 45.4 Å². The van der Waals surface area contributed by atoms with Gasteiger partial charge in [0.05, 0.1) is 31.7 Å². The molecule has 1 N–H and O–H groups in total. The van der Waals surface area contributed by atoms with E-state index in [2.05, 4.69) is 4.98 Å². The van der Waals surface area contributed by atoms with Crippen LogP contribution in [0.2, 0.25) is 0 Å². The number of carbonyl (C=O) groups excluding carboxylic acids is 2. The Balaban J connectivity index is 1.56. The summed E-state index contributed by atoms with van der Waals surface area (Å²) in [4.78, 5) is 32.3. The number of ketones is 1. The zero-order chi connectivity index (χ0) is 26.8. The van der Waals surface area contributed by atoms with Gasteiger partial charge in [-0.05, 0) is 61.7 Å². The molecule has 1 aromatic heterocycles. The van der Waals surface area contributed by atoms with E-state index in [-0.39, 0.29) is 17.4 Å². The lowest BCUT2D eigenvalue weighted by Crippen LogP contribution is -2.31. The number of aliphatic hydroxyl groups excluding tert-OH is 1. The van der Waals surface area contributed by atoms with Gasteiger partial charge in [-0.2, -0.15) is 0 Å². The second kappa shape index (κ2) is 10.6. The van der Waals surface area contributed by atoms with Crippen LogP contribution in [-0.2, 0) is 22.6 Å². The molecule has 9 nitrogen and oxygen atoms in total. The SMILES string of the molecule is CCOc1ccc([C@@H]2/C(=C(\O)c3ccc4c(c3)C[C@@H](C)O4)C(=O)C(=O)N2CCCn2ccnc2)cc1OC. The molecule has 0 saturated carbocycles. The third kappa shape index (κ3) is 4.71. The van der Waals surface area contributed by atoms with Crippen molar-refractivity contribution in [2.75, 3.05) is 20.3 Å². The Kier molecular flexibility index (Phi) is 7.09. The maximum atomic E-state index is 13.4. The first-order chi connectivity index (χ1) is 18.4. The molecule has 2 aromatic carbocycles. The van der Waals surface area contributed by atoms with E-state index in [0.29, 0.717) is 55.2 Å². The molecule has 1 fully saturated rings. The smallest absolute Gasteiger partial charge is 0.295 e. The maximum Gasteiger partial charge on any atom is 0.295 e. The molecular formula is C29H31N3O6. The van der Waals surface area contributed by atoms with Gasteiger partial charge in [-0.3, -0.25) is 9.59 Å². The number of ether oxygens (including phenoxy) is 3. The average molecular weight is 518 g/mol. The molecule has 38 heavy (non-hydrogen) atoms. The summed E-state index contributed by atoms with van der Waals surface area (Å²) in [6.07, 6.45) is 6.60. The normalized spacial score (nSPS) is 19.9. The highest BCUT2D eigenvalue weighted by atomic mass is 16.5. The first kappa shape index (κ1) is 25.4. The standard InChI is InChI=1S/C29H31N3O6/c1-4-37-23-9-6-19(16-24(23)36-3)26-25(27(33)20-7-8-22-21(15-20)14-18(2)38-22)28(34)29(35)32(26)12-5-11-31-13-10-30-17-31/h6-10,13,15-18,26,33H,4-5,11-12,14H2,1-3H3/b27-25+/t18-,26-/m1/s1. The predicted molar refractivity (Wildman–Crippen MR) is 140 cm³/mol. The zero-order valence-corrected chi connectivity index (χ0v) is 21.7. The number of carbonyl (C=O) groups is 2. The molecule has 198 valence electrons. The van der Waals surface area contributed by atoms with Gasteiger partial charge in [-0.15, -0.1) is 0 Å². The number of fused-ring (bicyclic) bond motifs is 1. The highest BCUT2D eigenvalue weighted by Crippen LogP contribution is 2.42. The van der Waals surface area contributed by atoms with Gasteiger partial charge in [0.25, 0.3) is 11.7 Å². The third-order valence-electron chi connectivity index (χ3n) is 6.89. The number of likely N-dealkylation sites (tertiary alicyclic amines) is 1. The Hall–Kier alpha value is -4.27. The van der Waals surface area contributed by atoms with Crippen molar-refractivity contribution in [3.63, 3.8) is 0 Å². The van der Waals surface area contributed by atoms with E-state index < -0.39 is 17.7 Å². The van der Waals surface area contributed by atoms with Crippen LogP contribution < -0.4 is 14.2 Å². The Morgan fingerprint density at radius 3 is 2.74 bits per heavy atom. The Morgan fingerprint density at radius 2 is 2.00 bits per heavy atom. The predicted octanol–water partition coefficient (Wildman–Crippen LogP) is 4.13. The summed E-state index contributed by atoms with van der Waals surface area (Å²) in [5, 5.41) is 11.5. The molecule has 2 aliphatic heterocycles. The molecule has 3 aromatic rings. The molecule has 2 atom stereocenters. The summed E-state index contributed by atoms with van der Waals surface area (Å²) in [5.41, 5.74) is 2.12. The molecule has 0 bridgehead atoms. The van der Waals surface area contributed by atoms with Crippen LogP contribution in [0.5, 0.6) is 17.2 Å². The van der Waals surface area contributed by atoms with E-state index in [0.717, 1.165) is 11.3 Å². The zero-order valence-electron chi connectivity index (χ0n) is 21.7. The molecular weight excluding hydrogens is 486 g/mol. The number of methoxy groups -OCH3 is 1. The van der Waals surface area contributed by atoms with Gasteiger partial charge in [0, 0.05) is 37.5 Å². The van der Waals surface area contributed by atoms with Gasteiger partial charge in [-0.25, -0.2) is 4.98 Å². The third-order valence-corrected chi connectivity index (χ3v) is 6.89. The first-order valence-corrected chi connectivity index (χ1v) is 12.8. The van der Waals surface area contributed by atoms with Crippen LogP contribution in [0.3, 0.4) is 0 Å². The number of imidazole rings is 1. The molecule has 3 heterocycles. The number of amides is 1. The van der Waals surface area contributed by atoms with Crippen LogP contribution in [0.4, 0.5) is 0 Å². The van der Waals surface area contributed by atoms with Crippen LogP contribution in [0, 0.1) is 0 Å². The largest absolute Gasteiger partial charge is 0.507 e. The Morgan fingerprint density at radius 1 is 1.16 bits per heavy atom. The van der Waals surface area contributed by atoms with Crippen molar-refractivity contribution in [3.05, 3.63) is 77.4 Å². The van der Waals surface area contributed by atoms with E-state index in [1.54, 1.807) is 42.9 Å². The van der Waals surface area contributed by atoms with Crippen molar-refractivity contribution in [1.82, 2.24) is 14.5 Å². The number of benzene rings is 2. The maximum absolute atomic E-state index is 13.4. The molecule has 0 spiro atoms. The van der Waals surface area contributed by atoms with E-state index >= 15 is 0 Å². The molecule has 0 unspecified atom stereocenters. The van der Waals surface area contributed by atoms with Gasteiger partial charge in [-0.1, -0.05) is 6.07 Å². The fourth-order valence-electron chi connectivity index (χ4n) is 5.15. The van der Waals surface area contributed by atoms with Gasteiger partial charge in [0.2, 0.25) is 0 Å². The molecule has 5 rings (SSSR count). The number of hydrogen-bond acceptors (Lipinski definition) is 7. The summed E-state index contributed by atoms with van der Waals surface area (Å²) >= 11 is 0. The summed E-state index contributed by atoms with van der Waals surface area (Å²) < 4.78 is 18.9. The highest BCUT2D eigenvalue weighted by Gasteiger charge is 2.46. The number of rotatable bonds is 9. The van der Waals surface area contributed by atoms with Gasteiger partial charge in [0.1, 0.15) is 17.6 Å². The number of aryl methyl sites for hydroxylation is 1. The molecule has 0 aliphatic carbocycles. The molecule has 1 amide bonds. The quantitative estimate of drug-likeness (QED) is 0.259. The summed E-state index contributed by atoms with van der Waals surface area (Å²) in [5.74, 6) is 0.240. The fourth-order valence-corrected chi connectivity index (χ4v) is 5.15. The van der Waals surface area contributed by atoms with Gasteiger partial charge < -0.3 is 28.8 Å². The summed E-state index contributed by atoms with van der Waals surface area (Å²) in [6.45, 7) is 5.27. The Labute approximate surface area is 221 Å². The second-order valence-electron chi connectivity index (χ2n) is 9.44. The van der Waals surface area contributed by atoms with Gasteiger partial charge >= 0.3 is 0 Å². The lowest BCUT2D eigenvalue weighted by molar-refractivity contribution is -0.139. The van der Waals surface area contributed by atoms with Crippen molar-refractivity contribution < 1.29 is 28.9 Å². The van der Waals surface area contributed by atoms with Gasteiger partial charge in [0.15, 0.2) is 11.5 Å². The highest BCUT2D eigenvalue weighted by molar-refractivity contribution is 6.46.